The maximum Gasteiger partial charge on any atom is 0.213 e. The molecule has 1 unspecified atom stereocenters. The number of benzene rings is 3. The van der Waals surface area contributed by atoms with Crippen molar-refractivity contribution in [1.29, 1.82) is 0 Å². The van der Waals surface area contributed by atoms with Crippen LogP contribution in [-0.4, -0.2) is 44.6 Å². The summed E-state index contributed by atoms with van der Waals surface area (Å²) in [6.07, 6.45) is 1.64. The molecule has 0 saturated heterocycles. The van der Waals surface area contributed by atoms with Gasteiger partial charge < -0.3 is 14.5 Å². The average molecular weight is 487 g/mol. The first-order valence-electron chi connectivity index (χ1n) is 11.4. The summed E-state index contributed by atoms with van der Waals surface area (Å²) in [5.41, 5.74) is 1.43. The number of halogens is 2. The van der Waals surface area contributed by atoms with E-state index >= 15 is 0 Å². The molecule has 0 spiro atoms. The van der Waals surface area contributed by atoms with Crippen molar-refractivity contribution in [3.63, 3.8) is 0 Å². The highest BCUT2D eigenvalue weighted by atomic mass is 35.5. The highest BCUT2D eigenvalue weighted by Gasteiger charge is 2.36. The lowest BCUT2D eigenvalue weighted by atomic mass is 9.85. The first-order chi connectivity index (χ1) is 15.8. The summed E-state index contributed by atoms with van der Waals surface area (Å²) in [5.74, 6) is 0. The van der Waals surface area contributed by atoms with Crippen LogP contribution in [-0.2, 0) is 15.1 Å². The van der Waals surface area contributed by atoms with Crippen molar-refractivity contribution in [1.82, 2.24) is 4.90 Å². The molecule has 33 heavy (non-hydrogen) atoms. The molecule has 0 aromatic heterocycles. The minimum Gasteiger partial charge on any atom is -0.366 e. The first-order valence-corrected chi connectivity index (χ1v) is 12.1. The average Bonchev–Trinajstić information content (AvgIpc) is 2.82. The van der Waals surface area contributed by atoms with Crippen LogP contribution >= 0.6 is 23.2 Å². The third-order valence-electron chi connectivity index (χ3n) is 6.25. The van der Waals surface area contributed by atoms with Crippen molar-refractivity contribution in [3.8, 4) is 0 Å². The predicted molar refractivity (Wildman–Crippen MR) is 140 cm³/mol. The second-order valence-corrected chi connectivity index (χ2v) is 9.17. The summed E-state index contributed by atoms with van der Waals surface area (Å²) in [7, 11) is 1.69. The molecule has 1 atom stereocenters. The molecule has 3 aromatic carbocycles. The fourth-order valence-electron chi connectivity index (χ4n) is 4.26. The van der Waals surface area contributed by atoms with Gasteiger partial charge in [0.05, 0.1) is 10.7 Å². The Morgan fingerprint density at radius 3 is 2.36 bits per heavy atom. The van der Waals surface area contributed by atoms with Crippen LogP contribution in [0, 0.1) is 0 Å². The molecule has 1 amide bonds. The Morgan fingerprint density at radius 2 is 1.70 bits per heavy atom. The van der Waals surface area contributed by atoms with Crippen LogP contribution < -0.4 is 4.90 Å². The van der Waals surface area contributed by atoms with Gasteiger partial charge in [0.25, 0.3) is 0 Å². The highest BCUT2D eigenvalue weighted by Crippen LogP contribution is 2.44. The number of carbonyl (C=O) groups is 1. The number of ether oxygens (including phenoxy) is 1. The smallest absolute Gasteiger partial charge is 0.213 e. The van der Waals surface area contributed by atoms with Gasteiger partial charge in [-0.15, -0.1) is 0 Å². The molecule has 0 saturated carbocycles. The van der Waals surface area contributed by atoms with E-state index in [1.54, 1.807) is 19.2 Å². The number of hydrogen-bond donors (Lipinski definition) is 0. The number of fused-ring (bicyclic) bond motifs is 1. The van der Waals surface area contributed by atoms with Crippen LogP contribution in [0.3, 0.4) is 0 Å². The third kappa shape index (κ3) is 5.70. The normalized spacial score (nSPS) is 13.3. The molecule has 0 heterocycles. The molecule has 3 rings (SSSR count). The summed E-state index contributed by atoms with van der Waals surface area (Å²) in [6, 6.07) is 18.0. The van der Waals surface area contributed by atoms with Crippen molar-refractivity contribution < 1.29 is 9.53 Å². The number of carbonyl (C=O) groups excluding carboxylic acids is 1. The molecule has 4 nitrogen and oxygen atoms in total. The van der Waals surface area contributed by atoms with E-state index in [1.165, 1.54) is 4.90 Å². The van der Waals surface area contributed by atoms with Crippen molar-refractivity contribution in [2.75, 3.05) is 38.2 Å². The second kappa shape index (κ2) is 11.3. The van der Waals surface area contributed by atoms with Gasteiger partial charge in [0, 0.05) is 30.8 Å². The van der Waals surface area contributed by atoms with Gasteiger partial charge in [-0.1, -0.05) is 73.4 Å². The van der Waals surface area contributed by atoms with Crippen LogP contribution in [0.2, 0.25) is 10.0 Å². The van der Waals surface area contributed by atoms with E-state index in [4.69, 9.17) is 27.9 Å². The van der Waals surface area contributed by atoms with Gasteiger partial charge in [-0.05, 0) is 61.0 Å². The van der Waals surface area contributed by atoms with E-state index in [-0.39, 0.29) is 0 Å². The fourth-order valence-corrected chi connectivity index (χ4v) is 4.92. The van der Waals surface area contributed by atoms with Crippen LogP contribution in [0.4, 0.5) is 5.69 Å². The van der Waals surface area contributed by atoms with E-state index in [0.717, 1.165) is 54.4 Å². The predicted octanol–water partition coefficient (Wildman–Crippen LogP) is 6.75. The van der Waals surface area contributed by atoms with Gasteiger partial charge >= 0.3 is 0 Å². The number of nitrogens with zero attached hydrogens (tertiary/aromatic N) is 2. The zero-order valence-electron chi connectivity index (χ0n) is 19.8. The zero-order valence-corrected chi connectivity index (χ0v) is 21.3. The standard InChI is InChI=1S/C27H32Cl2N2O2/c1-5-31(6-2)14-9-15-33-27(3,22-13-12-20-10-7-8-11-21(20)16-22)26-24(29)17-23(28)18-25(26)30(4)19-32/h7-8,10-13,16-19H,5-6,9,14-15H2,1-4H3. The molecule has 176 valence electrons. The summed E-state index contributed by atoms with van der Waals surface area (Å²) in [5, 5.41) is 3.20. The Morgan fingerprint density at radius 1 is 1.00 bits per heavy atom. The van der Waals surface area contributed by atoms with Gasteiger partial charge in [0.1, 0.15) is 5.60 Å². The van der Waals surface area contributed by atoms with Crippen molar-refractivity contribution >= 4 is 46.1 Å². The molecule has 0 radical (unpaired) electrons. The monoisotopic (exact) mass is 486 g/mol. The van der Waals surface area contributed by atoms with E-state index in [1.807, 2.05) is 19.1 Å². The van der Waals surface area contributed by atoms with E-state index in [2.05, 4.69) is 49.1 Å². The third-order valence-corrected chi connectivity index (χ3v) is 6.77. The number of rotatable bonds is 11. The SMILES string of the molecule is CCN(CC)CCCOC(C)(c1ccc2ccccc2c1)c1c(Cl)cc(Cl)cc1N(C)C=O. The lowest BCUT2D eigenvalue weighted by Crippen LogP contribution is -2.32. The molecule has 0 N–H and O–H groups in total. The van der Waals surface area contributed by atoms with Crippen molar-refractivity contribution in [2.24, 2.45) is 0 Å². The highest BCUT2D eigenvalue weighted by molar-refractivity contribution is 6.36. The summed E-state index contributed by atoms with van der Waals surface area (Å²) in [6.45, 7) is 9.87. The minimum absolute atomic E-state index is 0.464. The van der Waals surface area contributed by atoms with Crippen molar-refractivity contribution in [3.05, 3.63) is 75.8 Å². The van der Waals surface area contributed by atoms with E-state index in [0.29, 0.717) is 22.3 Å². The van der Waals surface area contributed by atoms with Crippen LogP contribution in [0.5, 0.6) is 0 Å². The molecule has 6 heteroatoms. The van der Waals surface area contributed by atoms with Crippen molar-refractivity contribution in [2.45, 2.75) is 32.8 Å². The second-order valence-electron chi connectivity index (χ2n) is 8.32. The number of hydrogen-bond acceptors (Lipinski definition) is 3. The maximum absolute atomic E-state index is 11.7. The Hall–Kier alpha value is -2.11. The van der Waals surface area contributed by atoms with Gasteiger partial charge in [0.2, 0.25) is 6.41 Å². The van der Waals surface area contributed by atoms with Crippen LogP contribution in [0.15, 0.2) is 54.6 Å². The molecule has 0 fully saturated rings. The zero-order chi connectivity index (χ0) is 24.0. The Balaban J connectivity index is 2.10. The Bertz CT molecular complexity index is 1100. The molecular formula is C27H32Cl2N2O2. The summed E-state index contributed by atoms with van der Waals surface area (Å²) >= 11 is 13.1. The summed E-state index contributed by atoms with van der Waals surface area (Å²) < 4.78 is 6.65. The molecule has 0 aliphatic rings. The summed E-state index contributed by atoms with van der Waals surface area (Å²) in [4.78, 5) is 15.6. The quantitative estimate of drug-likeness (QED) is 0.222. The van der Waals surface area contributed by atoms with Gasteiger partial charge in [-0.25, -0.2) is 0 Å². The number of anilines is 1. The minimum atomic E-state index is -0.887. The molecule has 0 bridgehead atoms. The van der Waals surface area contributed by atoms with Gasteiger partial charge in [-0.3, -0.25) is 4.79 Å². The fraction of sp³-hybridized carbons (Fsp3) is 0.370. The largest absolute Gasteiger partial charge is 0.366 e. The van der Waals surface area contributed by atoms with Crippen LogP contribution in [0.1, 0.15) is 38.3 Å². The maximum atomic E-state index is 11.7. The van der Waals surface area contributed by atoms with E-state index in [9.17, 15) is 4.79 Å². The molecule has 3 aromatic rings. The lowest BCUT2D eigenvalue weighted by molar-refractivity contribution is -0.107. The van der Waals surface area contributed by atoms with Crippen LogP contribution in [0.25, 0.3) is 10.8 Å². The van der Waals surface area contributed by atoms with E-state index < -0.39 is 5.60 Å². The topological polar surface area (TPSA) is 32.8 Å². The Kier molecular flexibility index (Phi) is 8.77. The van der Waals surface area contributed by atoms with Gasteiger partial charge in [0.15, 0.2) is 0 Å². The first kappa shape index (κ1) is 25.5. The van der Waals surface area contributed by atoms with Gasteiger partial charge in [-0.2, -0.15) is 0 Å². The molecule has 0 aliphatic heterocycles. The Labute approximate surface area is 207 Å². The molecule has 0 aliphatic carbocycles. The number of amides is 1. The molecular weight excluding hydrogens is 455 g/mol. The lowest BCUT2D eigenvalue weighted by Gasteiger charge is -2.35.